The van der Waals surface area contributed by atoms with Gasteiger partial charge in [-0.2, -0.15) is 13.2 Å². The largest absolute Gasteiger partial charge is 0.481 e. The number of hydrogen-bond acceptors (Lipinski definition) is 3. The van der Waals surface area contributed by atoms with Gasteiger partial charge < -0.3 is 15.2 Å². The Hall–Kier alpha value is -1.86. The first-order valence-electron chi connectivity index (χ1n) is 7.12. The van der Waals surface area contributed by atoms with E-state index in [0.717, 1.165) is 6.07 Å². The predicted molar refractivity (Wildman–Crippen MR) is 77.9 cm³/mol. The molecule has 0 aromatic heterocycles. The minimum Gasteiger partial charge on any atom is -0.481 e. The molecule has 1 aromatic rings. The summed E-state index contributed by atoms with van der Waals surface area (Å²) in [5, 5.41) is 12.6. The second-order valence-electron chi connectivity index (χ2n) is 5.42. The quantitative estimate of drug-likeness (QED) is 0.816. The van der Waals surface area contributed by atoms with Crippen LogP contribution in [0.4, 0.5) is 13.2 Å². The summed E-state index contributed by atoms with van der Waals surface area (Å²) < 4.78 is 44.8. The van der Waals surface area contributed by atoms with E-state index >= 15 is 0 Å². The molecule has 1 aromatic carbocycles. The van der Waals surface area contributed by atoms with E-state index in [2.05, 4.69) is 5.32 Å². The van der Waals surface area contributed by atoms with Crippen LogP contribution in [-0.2, 0) is 15.7 Å². The molecule has 7 heteroatoms. The number of alkyl halides is 3. The van der Waals surface area contributed by atoms with Crippen LogP contribution < -0.4 is 5.32 Å². The van der Waals surface area contributed by atoms with Crippen molar-refractivity contribution in [3.05, 3.63) is 47.5 Å². The topological polar surface area (TPSA) is 58.6 Å². The van der Waals surface area contributed by atoms with E-state index < -0.39 is 29.2 Å². The van der Waals surface area contributed by atoms with Gasteiger partial charge in [0.2, 0.25) is 0 Å². The Morgan fingerprint density at radius 1 is 1.43 bits per heavy atom. The molecule has 0 saturated carbocycles. The summed E-state index contributed by atoms with van der Waals surface area (Å²) in [6.07, 6.45) is -1.39. The molecule has 1 heterocycles. The summed E-state index contributed by atoms with van der Waals surface area (Å²) in [4.78, 5) is 11.9. The maximum Gasteiger partial charge on any atom is 0.416 e. The summed E-state index contributed by atoms with van der Waals surface area (Å²) in [5.74, 6) is -1.18. The Morgan fingerprint density at radius 3 is 2.74 bits per heavy atom. The molecule has 0 saturated heterocycles. The number of halogens is 3. The lowest BCUT2D eigenvalue weighted by atomic mass is 9.71. The van der Waals surface area contributed by atoms with Crippen LogP contribution in [-0.4, -0.2) is 31.3 Å². The molecular formula is C16H18F3NO3. The molecule has 0 radical (unpaired) electrons. The van der Waals surface area contributed by atoms with Crippen molar-refractivity contribution in [3.63, 3.8) is 0 Å². The van der Waals surface area contributed by atoms with Crippen molar-refractivity contribution in [3.8, 4) is 0 Å². The van der Waals surface area contributed by atoms with Gasteiger partial charge in [-0.05, 0) is 18.1 Å². The molecule has 1 aliphatic rings. The van der Waals surface area contributed by atoms with E-state index in [1.807, 2.05) is 0 Å². The highest BCUT2D eigenvalue weighted by Crippen LogP contribution is 2.45. The number of nitrogens with one attached hydrogen (secondary N) is 1. The molecule has 0 spiro atoms. The van der Waals surface area contributed by atoms with E-state index in [0.29, 0.717) is 6.54 Å². The van der Waals surface area contributed by atoms with Crippen molar-refractivity contribution >= 4 is 5.97 Å². The zero-order valence-electron chi connectivity index (χ0n) is 12.6. The number of hydrogen-bond donors (Lipinski definition) is 2. The van der Waals surface area contributed by atoms with E-state index in [-0.39, 0.29) is 18.6 Å². The first-order valence-corrected chi connectivity index (χ1v) is 7.12. The minimum atomic E-state index is -4.55. The highest BCUT2D eigenvalue weighted by Gasteiger charge is 2.48. The molecule has 0 amide bonds. The van der Waals surface area contributed by atoms with Gasteiger partial charge in [0.15, 0.2) is 0 Å². The third-order valence-electron chi connectivity index (χ3n) is 4.07. The zero-order valence-corrected chi connectivity index (χ0v) is 12.6. The standard InChI is InChI=1S/C16H18F3NO3/c1-23-10-8-15(14(21)22)7-4-9-20-13(15)11-5-2-3-6-12(11)16(17,18)19/h2-7,13,20H,8-10H2,1H3,(H,21,22). The van der Waals surface area contributed by atoms with Gasteiger partial charge in [-0.15, -0.1) is 0 Å². The lowest BCUT2D eigenvalue weighted by Crippen LogP contribution is -2.46. The van der Waals surface area contributed by atoms with Crippen LogP contribution in [0.5, 0.6) is 0 Å². The van der Waals surface area contributed by atoms with E-state index in [1.165, 1.54) is 31.4 Å². The number of ether oxygens (including phenoxy) is 1. The van der Waals surface area contributed by atoms with Gasteiger partial charge in [0, 0.05) is 20.3 Å². The fourth-order valence-corrected chi connectivity index (χ4v) is 2.93. The third-order valence-corrected chi connectivity index (χ3v) is 4.07. The molecule has 2 atom stereocenters. The minimum absolute atomic E-state index is 0.0668. The number of benzene rings is 1. The lowest BCUT2D eigenvalue weighted by molar-refractivity contribution is -0.150. The zero-order chi connectivity index (χ0) is 17.1. The molecule has 2 rings (SSSR count). The molecule has 2 unspecified atom stereocenters. The fourth-order valence-electron chi connectivity index (χ4n) is 2.93. The van der Waals surface area contributed by atoms with Crippen molar-refractivity contribution in [1.29, 1.82) is 0 Å². The van der Waals surface area contributed by atoms with Gasteiger partial charge in [0.1, 0.15) is 5.41 Å². The van der Waals surface area contributed by atoms with Crippen LogP contribution in [0.25, 0.3) is 0 Å². The van der Waals surface area contributed by atoms with Gasteiger partial charge >= 0.3 is 12.1 Å². The average Bonchev–Trinajstić information content (AvgIpc) is 2.52. The molecular weight excluding hydrogens is 311 g/mol. The number of carbonyl (C=O) groups is 1. The summed E-state index contributed by atoms with van der Waals surface area (Å²) >= 11 is 0. The first kappa shape index (κ1) is 17.5. The summed E-state index contributed by atoms with van der Waals surface area (Å²) in [7, 11) is 1.42. The molecule has 1 aliphatic heterocycles. The summed E-state index contributed by atoms with van der Waals surface area (Å²) in [6, 6.07) is 4.08. The average molecular weight is 329 g/mol. The first-order chi connectivity index (χ1) is 10.8. The van der Waals surface area contributed by atoms with Crippen LogP contribution in [0.2, 0.25) is 0 Å². The van der Waals surface area contributed by atoms with E-state index in [9.17, 15) is 23.1 Å². The lowest BCUT2D eigenvalue weighted by Gasteiger charge is -2.39. The van der Waals surface area contributed by atoms with Crippen molar-refractivity contribution in [2.75, 3.05) is 20.3 Å². The van der Waals surface area contributed by atoms with Crippen LogP contribution in [0.3, 0.4) is 0 Å². The molecule has 126 valence electrons. The van der Waals surface area contributed by atoms with Crippen molar-refractivity contribution in [2.24, 2.45) is 5.41 Å². The number of rotatable bonds is 5. The number of carboxylic acid groups (broad SMARTS) is 1. The fraction of sp³-hybridized carbons (Fsp3) is 0.438. The second kappa shape index (κ2) is 6.72. The van der Waals surface area contributed by atoms with Crippen LogP contribution >= 0.6 is 0 Å². The Morgan fingerprint density at radius 2 is 2.13 bits per heavy atom. The third kappa shape index (κ3) is 3.40. The molecule has 0 aliphatic carbocycles. The van der Waals surface area contributed by atoms with Gasteiger partial charge in [-0.25, -0.2) is 0 Å². The van der Waals surface area contributed by atoms with Crippen LogP contribution in [0.15, 0.2) is 36.4 Å². The van der Waals surface area contributed by atoms with Crippen LogP contribution in [0, 0.1) is 5.41 Å². The Kier molecular flexibility index (Phi) is 5.11. The number of methoxy groups -OCH3 is 1. The Bertz CT molecular complexity index is 600. The molecule has 0 bridgehead atoms. The monoisotopic (exact) mass is 329 g/mol. The highest BCUT2D eigenvalue weighted by molar-refractivity contribution is 5.79. The normalized spacial score (nSPS) is 24.6. The smallest absolute Gasteiger partial charge is 0.416 e. The molecule has 4 nitrogen and oxygen atoms in total. The number of aliphatic carboxylic acids is 1. The maximum atomic E-state index is 13.3. The van der Waals surface area contributed by atoms with Crippen molar-refractivity contribution in [1.82, 2.24) is 5.32 Å². The predicted octanol–water partition coefficient (Wildman–Crippen LogP) is 3.01. The van der Waals surface area contributed by atoms with Crippen LogP contribution in [0.1, 0.15) is 23.6 Å². The SMILES string of the molecule is COCCC1(C(=O)O)C=CCNC1c1ccccc1C(F)(F)F. The molecule has 2 N–H and O–H groups in total. The van der Waals surface area contributed by atoms with Gasteiger partial charge in [-0.1, -0.05) is 30.4 Å². The Labute approximate surface area is 132 Å². The Balaban J connectivity index is 2.56. The van der Waals surface area contributed by atoms with E-state index in [1.54, 1.807) is 6.08 Å². The summed E-state index contributed by atoms with van der Waals surface area (Å²) in [5.41, 5.74) is -2.38. The van der Waals surface area contributed by atoms with Gasteiger partial charge in [-0.3, -0.25) is 4.79 Å². The maximum absolute atomic E-state index is 13.3. The molecule has 23 heavy (non-hydrogen) atoms. The van der Waals surface area contributed by atoms with Crippen molar-refractivity contribution < 1.29 is 27.8 Å². The summed E-state index contributed by atoms with van der Waals surface area (Å²) in [6.45, 7) is 0.432. The van der Waals surface area contributed by atoms with Gasteiger partial charge in [0.25, 0.3) is 0 Å². The molecule has 0 fully saturated rings. The number of carboxylic acids is 1. The van der Waals surface area contributed by atoms with Gasteiger partial charge in [0.05, 0.1) is 11.6 Å². The highest BCUT2D eigenvalue weighted by atomic mass is 19.4. The van der Waals surface area contributed by atoms with Crippen molar-refractivity contribution in [2.45, 2.75) is 18.6 Å². The van der Waals surface area contributed by atoms with E-state index in [4.69, 9.17) is 4.74 Å². The second-order valence-corrected chi connectivity index (χ2v) is 5.42.